The minimum Gasteiger partial charge on any atom is -0.496 e. The molecule has 0 radical (unpaired) electrons. The van der Waals surface area contributed by atoms with Crippen molar-refractivity contribution in [1.82, 2.24) is 14.8 Å². The van der Waals surface area contributed by atoms with E-state index >= 15 is 0 Å². The number of nitrogens with one attached hydrogen (secondary N) is 1. The molecule has 11 nitrogen and oxygen atoms in total. The zero-order chi connectivity index (χ0) is 32.0. The van der Waals surface area contributed by atoms with E-state index in [9.17, 15) is 19.2 Å². The van der Waals surface area contributed by atoms with Gasteiger partial charge in [0.15, 0.2) is 5.78 Å². The number of carbonyl (C=O) groups is 4. The minimum atomic E-state index is -1.26. The lowest BCUT2D eigenvalue weighted by Crippen LogP contribution is -2.37. The Morgan fingerprint density at radius 2 is 1.75 bits per heavy atom. The topological polar surface area (TPSA) is 147 Å². The predicted octanol–water partition coefficient (Wildman–Crippen LogP) is 4.34. The van der Waals surface area contributed by atoms with Gasteiger partial charge in [-0.05, 0) is 68.8 Å². The van der Waals surface area contributed by atoms with E-state index in [-0.39, 0.29) is 11.7 Å². The summed E-state index contributed by atoms with van der Waals surface area (Å²) in [6.07, 6.45) is 6.50. The summed E-state index contributed by atoms with van der Waals surface area (Å²) in [5.74, 6) is -0.979. The Morgan fingerprint density at radius 1 is 1.07 bits per heavy atom. The van der Waals surface area contributed by atoms with Crippen LogP contribution in [0.3, 0.4) is 0 Å². The molecule has 3 aromatic rings. The van der Waals surface area contributed by atoms with Crippen molar-refractivity contribution in [3.63, 3.8) is 0 Å². The van der Waals surface area contributed by atoms with Gasteiger partial charge < -0.3 is 34.5 Å². The molecule has 0 aliphatic carbocycles. The number of nitrogens with zero attached hydrogens (tertiary/aromatic N) is 2. The van der Waals surface area contributed by atoms with Crippen molar-refractivity contribution < 1.29 is 38.9 Å². The van der Waals surface area contributed by atoms with Crippen molar-refractivity contribution in [2.45, 2.75) is 51.2 Å². The SMILES string of the molecule is CNC(=O)c1ccc2ccn(C3CCN(CCc4c(OC)ccc5c4OC(C)(C)CC5=O)CC3)c2c1.O=C(O)/C=C\C(=O)O. The first kappa shape index (κ1) is 32.3. The summed E-state index contributed by atoms with van der Waals surface area (Å²) in [4.78, 5) is 46.4. The number of benzene rings is 2. The van der Waals surface area contributed by atoms with Gasteiger partial charge in [-0.25, -0.2) is 9.59 Å². The summed E-state index contributed by atoms with van der Waals surface area (Å²) < 4.78 is 14.3. The quantitative estimate of drug-likeness (QED) is 0.319. The molecule has 1 amide bonds. The second-order valence-electron chi connectivity index (χ2n) is 11.5. The number of aromatic nitrogens is 1. The Bertz CT molecular complexity index is 1570. The van der Waals surface area contributed by atoms with Crippen molar-refractivity contribution in [2.75, 3.05) is 33.8 Å². The number of hydrogen-bond donors (Lipinski definition) is 3. The van der Waals surface area contributed by atoms with Crippen LogP contribution in [-0.2, 0) is 16.0 Å². The fourth-order valence-corrected chi connectivity index (χ4v) is 5.75. The molecule has 0 unspecified atom stereocenters. The average molecular weight is 606 g/mol. The smallest absolute Gasteiger partial charge is 0.328 e. The lowest BCUT2D eigenvalue weighted by atomic mass is 9.90. The zero-order valence-corrected chi connectivity index (χ0v) is 25.5. The molecule has 3 heterocycles. The van der Waals surface area contributed by atoms with E-state index in [0.29, 0.717) is 41.5 Å². The molecule has 0 saturated carbocycles. The van der Waals surface area contributed by atoms with E-state index in [1.54, 1.807) is 14.2 Å². The number of aliphatic carboxylic acids is 2. The molecule has 2 aliphatic heterocycles. The van der Waals surface area contributed by atoms with Gasteiger partial charge in [-0.1, -0.05) is 6.07 Å². The Morgan fingerprint density at radius 3 is 2.36 bits per heavy atom. The average Bonchev–Trinajstić information content (AvgIpc) is 3.42. The number of carboxylic acids is 2. The first-order chi connectivity index (χ1) is 20.9. The van der Waals surface area contributed by atoms with Crippen LogP contribution in [0.1, 0.15) is 65.4 Å². The van der Waals surface area contributed by atoms with Gasteiger partial charge in [-0.3, -0.25) is 9.59 Å². The molecule has 5 rings (SSSR count). The van der Waals surface area contributed by atoms with Gasteiger partial charge in [-0.2, -0.15) is 0 Å². The van der Waals surface area contributed by atoms with Crippen LogP contribution in [0, 0.1) is 0 Å². The fraction of sp³-hybridized carbons (Fsp3) is 0.394. The molecule has 2 aliphatic rings. The monoisotopic (exact) mass is 605 g/mol. The number of piperidine rings is 1. The molecule has 1 saturated heterocycles. The van der Waals surface area contributed by atoms with E-state index in [4.69, 9.17) is 19.7 Å². The minimum absolute atomic E-state index is 0.0629. The molecule has 0 bridgehead atoms. The van der Waals surface area contributed by atoms with E-state index in [0.717, 1.165) is 61.1 Å². The number of rotatable bonds is 8. The number of ether oxygens (including phenoxy) is 2. The molecular formula is C33H39N3O8. The number of ketones is 1. The number of fused-ring (bicyclic) bond motifs is 2. The number of carboxylic acid groups (broad SMARTS) is 2. The zero-order valence-electron chi connectivity index (χ0n) is 25.5. The highest BCUT2D eigenvalue weighted by atomic mass is 16.5. The number of hydrogen-bond acceptors (Lipinski definition) is 7. The second kappa shape index (κ2) is 13.8. The maximum Gasteiger partial charge on any atom is 0.328 e. The molecule has 1 aromatic heterocycles. The third kappa shape index (κ3) is 7.65. The third-order valence-electron chi connectivity index (χ3n) is 7.91. The van der Waals surface area contributed by atoms with Crippen LogP contribution in [0.5, 0.6) is 11.5 Å². The normalized spacial score (nSPS) is 16.5. The largest absolute Gasteiger partial charge is 0.496 e. The van der Waals surface area contributed by atoms with Gasteiger partial charge in [0, 0.05) is 67.7 Å². The van der Waals surface area contributed by atoms with Crippen LogP contribution in [0.15, 0.2) is 54.7 Å². The molecule has 2 aromatic carbocycles. The van der Waals surface area contributed by atoms with Crippen LogP contribution < -0.4 is 14.8 Å². The van der Waals surface area contributed by atoms with Gasteiger partial charge in [0.2, 0.25) is 0 Å². The maximum atomic E-state index is 12.7. The lowest BCUT2D eigenvalue weighted by Gasteiger charge is -2.35. The Balaban J connectivity index is 0.000000488. The molecule has 44 heavy (non-hydrogen) atoms. The van der Waals surface area contributed by atoms with Crippen molar-refractivity contribution in [3.8, 4) is 11.5 Å². The molecule has 234 valence electrons. The van der Waals surface area contributed by atoms with E-state index in [2.05, 4.69) is 27.0 Å². The van der Waals surface area contributed by atoms with Crippen LogP contribution >= 0.6 is 0 Å². The predicted molar refractivity (Wildman–Crippen MR) is 165 cm³/mol. The summed E-state index contributed by atoms with van der Waals surface area (Å²) in [6, 6.07) is 12.1. The van der Waals surface area contributed by atoms with Gasteiger partial charge in [0.25, 0.3) is 5.91 Å². The van der Waals surface area contributed by atoms with Gasteiger partial charge in [0.1, 0.15) is 17.1 Å². The lowest BCUT2D eigenvalue weighted by molar-refractivity contribution is -0.134. The van der Waals surface area contributed by atoms with E-state index in [1.807, 2.05) is 44.2 Å². The Hall–Kier alpha value is -4.64. The third-order valence-corrected chi connectivity index (χ3v) is 7.91. The second-order valence-corrected chi connectivity index (χ2v) is 11.5. The molecule has 3 N–H and O–H groups in total. The van der Waals surface area contributed by atoms with Crippen molar-refractivity contribution in [2.24, 2.45) is 0 Å². The van der Waals surface area contributed by atoms with Gasteiger partial charge in [0.05, 0.1) is 19.1 Å². The first-order valence-electron chi connectivity index (χ1n) is 14.5. The number of amides is 1. The van der Waals surface area contributed by atoms with Crippen molar-refractivity contribution >= 4 is 34.5 Å². The Labute approximate surface area is 256 Å². The highest BCUT2D eigenvalue weighted by molar-refractivity contribution is 6.01. The molecule has 0 spiro atoms. The van der Waals surface area contributed by atoms with Crippen LogP contribution in [0.25, 0.3) is 10.9 Å². The molecule has 1 fully saturated rings. The van der Waals surface area contributed by atoms with Gasteiger partial charge in [-0.15, -0.1) is 0 Å². The summed E-state index contributed by atoms with van der Waals surface area (Å²) in [7, 11) is 3.33. The highest BCUT2D eigenvalue weighted by Gasteiger charge is 2.35. The summed E-state index contributed by atoms with van der Waals surface area (Å²) >= 11 is 0. The molecular weight excluding hydrogens is 566 g/mol. The van der Waals surface area contributed by atoms with E-state index in [1.165, 1.54) is 0 Å². The van der Waals surface area contributed by atoms with Crippen molar-refractivity contribution in [3.05, 3.63) is 71.4 Å². The standard InChI is InChI=1S/C29H35N3O4.C4H4O4/c1-29(2)18-25(33)22-7-8-26(35-4)23(27(22)36-29)12-15-31-13-10-21(11-14-31)32-16-9-19-5-6-20(17-24(19)32)28(34)30-3;5-3(6)1-2-4(7)8/h5-9,16-17,21H,10-15,18H2,1-4H3,(H,30,34);1-2H,(H,5,6)(H,7,8)/b;2-1-. The summed E-state index contributed by atoms with van der Waals surface area (Å²) in [5, 5.41) is 19.5. The van der Waals surface area contributed by atoms with E-state index < -0.39 is 17.5 Å². The number of methoxy groups -OCH3 is 1. The van der Waals surface area contributed by atoms with Crippen LogP contribution in [0.4, 0.5) is 0 Å². The fourth-order valence-electron chi connectivity index (χ4n) is 5.75. The summed E-state index contributed by atoms with van der Waals surface area (Å²) in [6.45, 7) is 6.78. The summed E-state index contributed by atoms with van der Waals surface area (Å²) in [5.41, 5.74) is 2.93. The molecule has 11 heteroatoms. The van der Waals surface area contributed by atoms with Crippen LogP contribution in [0.2, 0.25) is 0 Å². The number of Topliss-reactive ketones (excluding diaryl/α,β-unsaturated/α-hetero) is 1. The molecule has 0 atom stereocenters. The number of likely N-dealkylation sites (tertiary alicyclic amines) is 1. The number of carbonyl (C=O) groups excluding carboxylic acids is 2. The first-order valence-corrected chi connectivity index (χ1v) is 14.5. The van der Waals surface area contributed by atoms with Crippen LogP contribution in [-0.4, -0.2) is 82.7 Å². The Kier molecular flexibility index (Phi) is 10.1. The van der Waals surface area contributed by atoms with Crippen molar-refractivity contribution in [1.29, 1.82) is 0 Å². The van der Waals surface area contributed by atoms with Gasteiger partial charge >= 0.3 is 11.9 Å². The highest BCUT2D eigenvalue weighted by Crippen LogP contribution is 2.40. The maximum absolute atomic E-state index is 12.7.